The number of anilines is 1. The van der Waals surface area contributed by atoms with Crippen LogP contribution in [0.2, 0.25) is 0 Å². The Bertz CT molecular complexity index is 533. The molecule has 6 nitrogen and oxygen atoms in total. The van der Waals surface area contributed by atoms with Crippen LogP contribution in [0.5, 0.6) is 0 Å². The van der Waals surface area contributed by atoms with Gasteiger partial charge in [-0.2, -0.15) is 0 Å². The van der Waals surface area contributed by atoms with E-state index in [0.29, 0.717) is 0 Å². The number of nitrogens with one attached hydrogen (secondary N) is 2. The van der Waals surface area contributed by atoms with E-state index in [1.165, 1.54) is 6.92 Å². The van der Waals surface area contributed by atoms with E-state index >= 15 is 0 Å². The number of para-hydroxylation sites is 1. The minimum absolute atomic E-state index is 0.123. The first-order valence-corrected chi connectivity index (χ1v) is 7.48. The smallest absolute Gasteiger partial charge is 0.327 e. The molecule has 1 atom stereocenters. The third-order valence-corrected chi connectivity index (χ3v) is 3.65. The molecule has 1 rings (SSSR count). The fraction of sp³-hybridized carbons (Fsp3) is 0.357. The van der Waals surface area contributed by atoms with Crippen molar-refractivity contribution in [1.82, 2.24) is 5.32 Å². The molecule has 21 heavy (non-hydrogen) atoms. The van der Waals surface area contributed by atoms with E-state index in [9.17, 15) is 14.4 Å². The number of benzene rings is 1. The van der Waals surface area contributed by atoms with Gasteiger partial charge in [0.25, 0.3) is 0 Å². The Hall–Kier alpha value is -2.02. The first-order chi connectivity index (χ1) is 9.90. The summed E-state index contributed by atoms with van der Waals surface area (Å²) in [6.07, 6.45) is 0. The number of aryl methyl sites for hydroxylation is 1. The van der Waals surface area contributed by atoms with Gasteiger partial charge in [0.05, 0.1) is 5.75 Å². The van der Waals surface area contributed by atoms with Crippen LogP contribution in [0.3, 0.4) is 0 Å². The van der Waals surface area contributed by atoms with Gasteiger partial charge in [-0.05, 0) is 18.6 Å². The lowest BCUT2D eigenvalue weighted by Crippen LogP contribution is -2.41. The molecule has 0 spiro atoms. The van der Waals surface area contributed by atoms with Crippen LogP contribution >= 0.6 is 11.8 Å². The van der Waals surface area contributed by atoms with Gasteiger partial charge in [0.1, 0.15) is 6.04 Å². The van der Waals surface area contributed by atoms with Crippen LogP contribution < -0.4 is 10.6 Å². The van der Waals surface area contributed by atoms with Crippen molar-refractivity contribution in [3.63, 3.8) is 0 Å². The van der Waals surface area contributed by atoms with Gasteiger partial charge in [-0.3, -0.25) is 9.59 Å². The molecule has 0 radical (unpaired) electrons. The quantitative estimate of drug-likeness (QED) is 0.704. The number of hydrogen-bond donors (Lipinski definition) is 3. The molecule has 0 aliphatic rings. The molecule has 0 unspecified atom stereocenters. The minimum Gasteiger partial charge on any atom is -0.480 e. The molecule has 0 bridgehead atoms. The molecule has 0 fully saturated rings. The van der Waals surface area contributed by atoms with Crippen LogP contribution in [0.1, 0.15) is 12.5 Å². The lowest BCUT2D eigenvalue weighted by atomic mass is 10.2. The molecular weight excluding hydrogens is 292 g/mol. The maximum absolute atomic E-state index is 11.8. The van der Waals surface area contributed by atoms with Crippen LogP contribution in [0.25, 0.3) is 0 Å². The van der Waals surface area contributed by atoms with Crippen molar-refractivity contribution >= 4 is 35.2 Å². The molecule has 0 saturated carbocycles. The minimum atomic E-state index is -1.11. The molecule has 7 heteroatoms. The van der Waals surface area contributed by atoms with Gasteiger partial charge in [-0.15, -0.1) is 11.8 Å². The Morgan fingerprint density at radius 3 is 2.52 bits per heavy atom. The van der Waals surface area contributed by atoms with Crippen LogP contribution in [-0.2, 0) is 14.4 Å². The molecule has 1 aromatic rings. The topological polar surface area (TPSA) is 95.5 Å². The zero-order valence-corrected chi connectivity index (χ0v) is 12.7. The third-order valence-electron chi connectivity index (χ3n) is 2.61. The Kier molecular flexibility index (Phi) is 6.74. The summed E-state index contributed by atoms with van der Waals surface area (Å²) >= 11 is 1.16. The van der Waals surface area contributed by atoms with E-state index in [1.807, 2.05) is 25.1 Å². The van der Waals surface area contributed by atoms with Gasteiger partial charge in [0, 0.05) is 18.4 Å². The number of carbonyl (C=O) groups excluding carboxylic acids is 2. The summed E-state index contributed by atoms with van der Waals surface area (Å²) in [5.74, 6) is -1.47. The number of carboxylic acids is 1. The van der Waals surface area contributed by atoms with Crippen molar-refractivity contribution in [1.29, 1.82) is 0 Å². The van der Waals surface area contributed by atoms with E-state index in [2.05, 4.69) is 10.6 Å². The number of amides is 2. The van der Waals surface area contributed by atoms with Gasteiger partial charge < -0.3 is 15.7 Å². The highest BCUT2D eigenvalue weighted by atomic mass is 32.2. The molecule has 2 amide bonds. The molecule has 0 saturated heterocycles. The monoisotopic (exact) mass is 310 g/mol. The third kappa shape index (κ3) is 6.31. The molecule has 0 aliphatic heterocycles. The molecule has 114 valence electrons. The van der Waals surface area contributed by atoms with Crippen molar-refractivity contribution in [2.24, 2.45) is 0 Å². The second kappa shape index (κ2) is 8.31. The fourth-order valence-electron chi connectivity index (χ4n) is 1.59. The van der Waals surface area contributed by atoms with Gasteiger partial charge in [0.2, 0.25) is 11.8 Å². The Morgan fingerprint density at radius 1 is 1.29 bits per heavy atom. The van der Waals surface area contributed by atoms with E-state index in [0.717, 1.165) is 23.0 Å². The van der Waals surface area contributed by atoms with Crippen LogP contribution in [0.15, 0.2) is 24.3 Å². The van der Waals surface area contributed by atoms with E-state index in [4.69, 9.17) is 5.11 Å². The van der Waals surface area contributed by atoms with Gasteiger partial charge in [-0.25, -0.2) is 4.79 Å². The second-order valence-electron chi connectivity index (χ2n) is 4.47. The molecule has 0 aliphatic carbocycles. The van der Waals surface area contributed by atoms with Crippen molar-refractivity contribution < 1.29 is 19.5 Å². The molecule has 1 aromatic carbocycles. The van der Waals surface area contributed by atoms with E-state index in [1.54, 1.807) is 6.07 Å². The lowest BCUT2D eigenvalue weighted by molar-refractivity contribution is -0.140. The van der Waals surface area contributed by atoms with Gasteiger partial charge in [0.15, 0.2) is 0 Å². The predicted octanol–water partition coefficient (Wildman–Crippen LogP) is 1.26. The number of aliphatic carboxylic acids is 1. The second-order valence-corrected chi connectivity index (χ2v) is 5.50. The Balaban J connectivity index is 2.41. The SMILES string of the molecule is CC(=O)N[C@@H](CSCC(=O)Nc1ccccc1C)C(=O)O. The Morgan fingerprint density at radius 2 is 1.95 bits per heavy atom. The van der Waals surface area contributed by atoms with E-state index < -0.39 is 17.9 Å². The zero-order valence-electron chi connectivity index (χ0n) is 11.9. The zero-order chi connectivity index (χ0) is 15.8. The standard InChI is InChI=1S/C14H18N2O4S/c1-9-5-3-4-6-11(9)16-13(18)8-21-7-12(14(19)20)15-10(2)17/h3-6,12H,7-8H2,1-2H3,(H,15,17)(H,16,18)(H,19,20)/t12-/m0/s1. The van der Waals surface area contributed by atoms with Crippen LogP contribution in [0, 0.1) is 6.92 Å². The summed E-state index contributed by atoms with van der Waals surface area (Å²) in [5, 5.41) is 14.0. The fourth-order valence-corrected chi connectivity index (χ4v) is 2.43. The highest BCUT2D eigenvalue weighted by molar-refractivity contribution is 8.00. The van der Waals surface area contributed by atoms with Crippen LogP contribution in [-0.4, -0.2) is 40.4 Å². The summed E-state index contributed by atoms with van der Waals surface area (Å²) in [7, 11) is 0. The summed E-state index contributed by atoms with van der Waals surface area (Å²) in [6, 6.07) is 6.41. The van der Waals surface area contributed by atoms with Crippen molar-refractivity contribution in [3.05, 3.63) is 29.8 Å². The number of carbonyl (C=O) groups is 3. The van der Waals surface area contributed by atoms with Crippen LogP contribution in [0.4, 0.5) is 5.69 Å². The predicted molar refractivity (Wildman–Crippen MR) is 82.4 cm³/mol. The number of rotatable bonds is 7. The molecule has 3 N–H and O–H groups in total. The molecule has 0 heterocycles. The first kappa shape index (κ1) is 17.0. The summed E-state index contributed by atoms with van der Waals surface area (Å²) in [6.45, 7) is 3.14. The number of carboxylic acid groups (broad SMARTS) is 1. The van der Waals surface area contributed by atoms with Gasteiger partial charge >= 0.3 is 5.97 Å². The number of thioether (sulfide) groups is 1. The maximum Gasteiger partial charge on any atom is 0.327 e. The van der Waals surface area contributed by atoms with Crippen molar-refractivity contribution in [3.8, 4) is 0 Å². The average Bonchev–Trinajstić information content (AvgIpc) is 2.39. The maximum atomic E-state index is 11.8. The lowest BCUT2D eigenvalue weighted by Gasteiger charge is -2.13. The Labute approximate surface area is 127 Å². The highest BCUT2D eigenvalue weighted by Gasteiger charge is 2.18. The van der Waals surface area contributed by atoms with Crippen molar-refractivity contribution in [2.75, 3.05) is 16.8 Å². The molecular formula is C14H18N2O4S. The summed E-state index contributed by atoms with van der Waals surface area (Å²) in [4.78, 5) is 33.6. The summed E-state index contributed by atoms with van der Waals surface area (Å²) < 4.78 is 0. The first-order valence-electron chi connectivity index (χ1n) is 6.33. The number of hydrogen-bond acceptors (Lipinski definition) is 4. The normalized spacial score (nSPS) is 11.5. The van der Waals surface area contributed by atoms with Gasteiger partial charge in [-0.1, -0.05) is 18.2 Å². The van der Waals surface area contributed by atoms with E-state index in [-0.39, 0.29) is 17.4 Å². The average molecular weight is 310 g/mol. The molecule has 0 aromatic heterocycles. The van der Waals surface area contributed by atoms with Crippen molar-refractivity contribution in [2.45, 2.75) is 19.9 Å². The highest BCUT2D eigenvalue weighted by Crippen LogP contribution is 2.14. The summed E-state index contributed by atoms with van der Waals surface area (Å²) in [5.41, 5.74) is 1.69. The largest absolute Gasteiger partial charge is 0.480 e.